The summed E-state index contributed by atoms with van der Waals surface area (Å²) in [7, 11) is 0. The summed E-state index contributed by atoms with van der Waals surface area (Å²) < 4.78 is 39.4. The second-order valence-electron chi connectivity index (χ2n) is 4.73. The Morgan fingerprint density at radius 2 is 1.81 bits per heavy atom. The summed E-state index contributed by atoms with van der Waals surface area (Å²) in [6.45, 7) is 3.20. The molecule has 0 amide bonds. The first-order valence-corrected chi connectivity index (χ1v) is 6.06. The highest BCUT2D eigenvalue weighted by Gasteiger charge is 2.34. The van der Waals surface area contributed by atoms with Gasteiger partial charge in [0.2, 0.25) is 0 Å². The maximum atomic E-state index is 13.1. The topological polar surface area (TPSA) is 56.6 Å². The molecule has 1 aromatic carbocycles. The number of aryl methyl sites for hydroxylation is 2. The average Bonchev–Trinajstić information content (AvgIpc) is 2.36. The van der Waals surface area contributed by atoms with Gasteiger partial charge in [-0.25, -0.2) is 0 Å². The summed E-state index contributed by atoms with van der Waals surface area (Å²) in [6, 6.07) is 6.69. The number of nitrogens with one attached hydrogen (secondary N) is 1. The minimum Gasteiger partial charge on any atom is -0.325 e. The third-order valence-corrected chi connectivity index (χ3v) is 3.05. The van der Waals surface area contributed by atoms with Crippen LogP contribution < -0.4 is 5.56 Å². The molecule has 0 saturated heterocycles. The van der Waals surface area contributed by atoms with Crippen LogP contribution in [-0.2, 0) is 6.18 Å². The fraction of sp³-hybridized carbons (Fsp3) is 0.200. The van der Waals surface area contributed by atoms with E-state index in [2.05, 4.69) is 4.98 Å². The van der Waals surface area contributed by atoms with Gasteiger partial charge in [0.1, 0.15) is 11.6 Å². The predicted molar refractivity (Wildman–Crippen MR) is 71.7 cm³/mol. The van der Waals surface area contributed by atoms with Crippen LogP contribution in [0.25, 0.3) is 11.1 Å². The van der Waals surface area contributed by atoms with Crippen LogP contribution in [0.2, 0.25) is 0 Å². The Balaban J connectivity index is 2.88. The maximum absolute atomic E-state index is 13.1. The molecule has 1 heterocycles. The summed E-state index contributed by atoms with van der Waals surface area (Å²) in [5, 5.41) is 9.06. The van der Waals surface area contributed by atoms with Crippen LogP contribution in [0, 0.1) is 25.2 Å². The van der Waals surface area contributed by atoms with Gasteiger partial charge in [-0.2, -0.15) is 18.4 Å². The standard InChI is InChI=1S/C15H11F3N2O/c1-8-3-4-13(15(16,17)18)11(5-8)10-6-9(2)20-14(21)12(10)7-19/h3-6H,1-2H3,(H,20,21). The van der Waals surface area contributed by atoms with Crippen molar-refractivity contribution in [3.05, 3.63) is 57.0 Å². The Morgan fingerprint density at radius 1 is 1.14 bits per heavy atom. The molecular formula is C15H11F3N2O. The first-order chi connectivity index (χ1) is 9.74. The molecular weight excluding hydrogens is 281 g/mol. The lowest BCUT2D eigenvalue weighted by Gasteiger charge is -2.15. The van der Waals surface area contributed by atoms with Gasteiger partial charge in [0.05, 0.1) is 5.56 Å². The first-order valence-electron chi connectivity index (χ1n) is 6.06. The number of alkyl halides is 3. The monoisotopic (exact) mass is 292 g/mol. The van der Waals surface area contributed by atoms with Crippen LogP contribution in [0.1, 0.15) is 22.4 Å². The molecule has 0 unspecified atom stereocenters. The van der Waals surface area contributed by atoms with E-state index in [0.717, 1.165) is 6.07 Å². The summed E-state index contributed by atoms with van der Waals surface area (Å²) >= 11 is 0. The zero-order valence-corrected chi connectivity index (χ0v) is 11.3. The molecule has 1 aromatic heterocycles. The van der Waals surface area contributed by atoms with Gasteiger partial charge in [-0.15, -0.1) is 0 Å². The summed E-state index contributed by atoms with van der Waals surface area (Å²) in [5.41, 5.74) is -1.04. The number of halogens is 3. The van der Waals surface area contributed by atoms with Gasteiger partial charge in [-0.3, -0.25) is 4.79 Å². The van der Waals surface area contributed by atoms with E-state index in [1.807, 2.05) is 0 Å². The highest BCUT2D eigenvalue weighted by atomic mass is 19.4. The fourth-order valence-electron chi connectivity index (χ4n) is 2.14. The van der Waals surface area contributed by atoms with Gasteiger partial charge in [0.25, 0.3) is 5.56 Å². The van der Waals surface area contributed by atoms with Crippen molar-refractivity contribution in [3.63, 3.8) is 0 Å². The summed E-state index contributed by atoms with van der Waals surface area (Å²) in [6.07, 6.45) is -4.56. The number of H-pyrrole nitrogens is 1. The number of pyridine rings is 1. The number of hydrogen-bond donors (Lipinski definition) is 1. The Labute approximate surface area is 118 Å². The number of hydrogen-bond acceptors (Lipinski definition) is 2. The number of nitrogens with zero attached hydrogens (tertiary/aromatic N) is 1. The van der Waals surface area contributed by atoms with Crippen molar-refractivity contribution in [2.24, 2.45) is 0 Å². The van der Waals surface area contributed by atoms with Crippen LogP contribution in [0.3, 0.4) is 0 Å². The number of rotatable bonds is 1. The van der Waals surface area contributed by atoms with E-state index in [0.29, 0.717) is 11.3 Å². The molecule has 0 radical (unpaired) electrons. The zero-order chi connectivity index (χ0) is 15.8. The van der Waals surface area contributed by atoms with Crippen molar-refractivity contribution in [1.82, 2.24) is 4.98 Å². The minimum absolute atomic E-state index is 0.00484. The number of aromatic amines is 1. The van der Waals surface area contributed by atoms with Gasteiger partial charge in [0.15, 0.2) is 0 Å². The van der Waals surface area contributed by atoms with E-state index >= 15 is 0 Å². The fourth-order valence-corrected chi connectivity index (χ4v) is 2.14. The van der Waals surface area contributed by atoms with Crippen molar-refractivity contribution in [1.29, 1.82) is 5.26 Å². The van der Waals surface area contributed by atoms with Crippen molar-refractivity contribution in [2.75, 3.05) is 0 Å². The molecule has 0 aliphatic carbocycles. The largest absolute Gasteiger partial charge is 0.417 e. The van der Waals surface area contributed by atoms with Crippen LogP contribution in [-0.4, -0.2) is 4.98 Å². The second-order valence-corrected chi connectivity index (χ2v) is 4.73. The summed E-state index contributed by atoms with van der Waals surface area (Å²) in [5.74, 6) is 0. The molecule has 0 saturated carbocycles. The summed E-state index contributed by atoms with van der Waals surface area (Å²) in [4.78, 5) is 14.2. The van der Waals surface area contributed by atoms with Gasteiger partial charge in [-0.1, -0.05) is 17.7 Å². The highest BCUT2D eigenvalue weighted by Crippen LogP contribution is 2.38. The van der Waals surface area contributed by atoms with Gasteiger partial charge in [-0.05, 0) is 31.5 Å². The molecule has 6 heteroatoms. The SMILES string of the molecule is Cc1ccc(C(F)(F)F)c(-c2cc(C)[nH]c(=O)c2C#N)c1. The molecule has 0 fully saturated rings. The molecule has 0 atom stereocenters. The van der Waals surface area contributed by atoms with E-state index < -0.39 is 17.3 Å². The van der Waals surface area contributed by atoms with E-state index in [1.54, 1.807) is 19.9 Å². The number of benzene rings is 1. The lowest BCUT2D eigenvalue weighted by atomic mass is 9.94. The molecule has 3 nitrogen and oxygen atoms in total. The second kappa shape index (κ2) is 5.09. The minimum atomic E-state index is -4.56. The molecule has 2 aromatic rings. The zero-order valence-electron chi connectivity index (χ0n) is 11.3. The molecule has 108 valence electrons. The van der Waals surface area contributed by atoms with E-state index in [-0.39, 0.29) is 16.7 Å². The normalized spacial score (nSPS) is 11.2. The van der Waals surface area contributed by atoms with Crippen molar-refractivity contribution < 1.29 is 13.2 Å². The molecule has 0 bridgehead atoms. The molecule has 21 heavy (non-hydrogen) atoms. The van der Waals surface area contributed by atoms with Crippen molar-refractivity contribution in [2.45, 2.75) is 20.0 Å². The Kier molecular flexibility index (Phi) is 3.60. The third kappa shape index (κ3) is 2.82. The molecule has 2 rings (SSSR count). The number of aromatic nitrogens is 1. The van der Waals surface area contributed by atoms with E-state index in [9.17, 15) is 18.0 Å². The van der Waals surface area contributed by atoms with E-state index in [1.165, 1.54) is 18.2 Å². The molecule has 0 spiro atoms. The average molecular weight is 292 g/mol. The van der Waals surface area contributed by atoms with Crippen LogP contribution >= 0.6 is 0 Å². The molecule has 0 aliphatic rings. The van der Waals surface area contributed by atoms with Gasteiger partial charge in [0, 0.05) is 11.3 Å². The Morgan fingerprint density at radius 3 is 2.38 bits per heavy atom. The lowest BCUT2D eigenvalue weighted by Crippen LogP contribution is -2.15. The quantitative estimate of drug-likeness (QED) is 0.873. The maximum Gasteiger partial charge on any atom is 0.417 e. The third-order valence-electron chi connectivity index (χ3n) is 3.05. The Bertz CT molecular complexity index is 798. The van der Waals surface area contributed by atoms with Crippen LogP contribution in [0.15, 0.2) is 29.1 Å². The van der Waals surface area contributed by atoms with Gasteiger partial charge < -0.3 is 4.98 Å². The molecule has 1 N–H and O–H groups in total. The van der Waals surface area contributed by atoms with Crippen LogP contribution in [0.5, 0.6) is 0 Å². The Hall–Kier alpha value is -2.55. The lowest BCUT2D eigenvalue weighted by molar-refractivity contribution is -0.137. The first kappa shape index (κ1) is 14.9. The number of nitriles is 1. The van der Waals surface area contributed by atoms with Gasteiger partial charge >= 0.3 is 6.18 Å². The highest BCUT2D eigenvalue weighted by molar-refractivity contribution is 5.74. The van der Waals surface area contributed by atoms with E-state index in [4.69, 9.17) is 5.26 Å². The smallest absolute Gasteiger partial charge is 0.325 e. The molecule has 0 aliphatic heterocycles. The van der Waals surface area contributed by atoms with Crippen molar-refractivity contribution in [3.8, 4) is 17.2 Å². The van der Waals surface area contributed by atoms with Crippen LogP contribution in [0.4, 0.5) is 13.2 Å². The predicted octanol–water partition coefficient (Wildman–Crippen LogP) is 3.55. The van der Waals surface area contributed by atoms with Crippen molar-refractivity contribution >= 4 is 0 Å².